The Balaban J connectivity index is 2.17. The molecule has 0 aromatic carbocycles. The summed E-state index contributed by atoms with van der Waals surface area (Å²) in [5.41, 5.74) is -1.00. The fraction of sp³-hybridized carbons (Fsp3) is 0.692. The summed E-state index contributed by atoms with van der Waals surface area (Å²) < 4.78 is 5.66. The van der Waals surface area contributed by atoms with E-state index in [1.807, 2.05) is 0 Å². The van der Waals surface area contributed by atoms with Crippen LogP contribution in [0.3, 0.4) is 0 Å². The van der Waals surface area contributed by atoms with Crippen molar-refractivity contribution in [3.05, 3.63) is 17.8 Å². The van der Waals surface area contributed by atoms with E-state index in [0.717, 1.165) is 12.8 Å². The Hall–Kier alpha value is -1.32. The van der Waals surface area contributed by atoms with Gasteiger partial charge in [-0.05, 0) is 26.7 Å². The average molecular weight is 237 g/mol. The van der Waals surface area contributed by atoms with E-state index in [-0.39, 0.29) is 0 Å². The van der Waals surface area contributed by atoms with Crippen LogP contribution in [0, 0.1) is 0 Å². The van der Waals surface area contributed by atoms with Crippen LogP contribution in [0.2, 0.25) is 0 Å². The monoisotopic (exact) mass is 237 g/mol. The molecule has 0 amide bonds. The number of aliphatic carboxylic acids is 1. The van der Waals surface area contributed by atoms with Crippen molar-refractivity contribution in [3.63, 3.8) is 0 Å². The van der Waals surface area contributed by atoms with Crippen molar-refractivity contribution in [2.75, 3.05) is 0 Å². The molecule has 1 heterocycles. The number of aromatic nitrogens is 1. The molecule has 1 aliphatic rings. The summed E-state index contributed by atoms with van der Waals surface area (Å²) in [6.45, 7) is 3.28. The molecule has 94 valence electrons. The molecule has 1 saturated carbocycles. The van der Waals surface area contributed by atoms with Gasteiger partial charge in [-0.3, -0.25) is 4.79 Å². The van der Waals surface area contributed by atoms with E-state index in [4.69, 9.17) is 9.52 Å². The molecule has 0 saturated heterocycles. The lowest BCUT2D eigenvalue weighted by molar-refractivity contribution is -0.143. The van der Waals surface area contributed by atoms with Crippen molar-refractivity contribution in [1.82, 2.24) is 4.98 Å². The molecule has 1 aliphatic carbocycles. The van der Waals surface area contributed by atoms with Crippen LogP contribution >= 0.6 is 0 Å². The molecule has 17 heavy (non-hydrogen) atoms. The maximum atomic E-state index is 11.1. The highest BCUT2D eigenvalue weighted by Gasteiger charge is 2.34. The summed E-state index contributed by atoms with van der Waals surface area (Å²) in [6.07, 6.45) is 7.49. The van der Waals surface area contributed by atoms with Crippen LogP contribution in [0.4, 0.5) is 0 Å². The molecular formula is C13H19NO3. The van der Waals surface area contributed by atoms with Gasteiger partial charge >= 0.3 is 5.97 Å². The number of hydrogen-bond donors (Lipinski definition) is 1. The second-order valence-corrected chi connectivity index (χ2v) is 5.33. The first kappa shape index (κ1) is 12.1. The van der Waals surface area contributed by atoms with Crippen molar-refractivity contribution in [1.29, 1.82) is 0 Å². The van der Waals surface area contributed by atoms with Crippen molar-refractivity contribution >= 4 is 5.97 Å². The van der Waals surface area contributed by atoms with Gasteiger partial charge in [0, 0.05) is 5.92 Å². The molecule has 2 rings (SSSR count). The lowest BCUT2D eigenvalue weighted by Gasteiger charge is -2.19. The molecule has 0 unspecified atom stereocenters. The van der Waals surface area contributed by atoms with E-state index in [1.54, 1.807) is 20.0 Å². The van der Waals surface area contributed by atoms with E-state index in [0.29, 0.717) is 17.6 Å². The minimum Gasteiger partial charge on any atom is -0.481 e. The number of rotatable bonds is 3. The lowest BCUT2D eigenvalue weighted by Crippen LogP contribution is -2.27. The fourth-order valence-electron chi connectivity index (χ4n) is 2.22. The molecule has 0 spiro atoms. The van der Waals surface area contributed by atoms with Gasteiger partial charge in [0.25, 0.3) is 0 Å². The van der Waals surface area contributed by atoms with Gasteiger partial charge in [-0.1, -0.05) is 19.3 Å². The van der Waals surface area contributed by atoms with Crippen LogP contribution in [0.25, 0.3) is 0 Å². The van der Waals surface area contributed by atoms with Crippen LogP contribution < -0.4 is 0 Å². The molecule has 1 fully saturated rings. The Kier molecular flexibility index (Phi) is 3.22. The normalized spacial score (nSPS) is 18.2. The maximum Gasteiger partial charge on any atom is 0.316 e. The zero-order valence-corrected chi connectivity index (χ0v) is 10.4. The lowest BCUT2D eigenvalue weighted by atomic mass is 9.89. The Morgan fingerprint density at radius 3 is 2.65 bits per heavy atom. The molecule has 4 heteroatoms. The zero-order chi connectivity index (χ0) is 12.5. The van der Waals surface area contributed by atoms with Gasteiger partial charge < -0.3 is 9.52 Å². The largest absolute Gasteiger partial charge is 0.481 e. The topological polar surface area (TPSA) is 63.3 Å². The van der Waals surface area contributed by atoms with Gasteiger partial charge in [0.05, 0.1) is 6.20 Å². The number of carbonyl (C=O) groups is 1. The number of hydrogen-bond acceptors (Lipinski definition) is 3. The molecule has 4 nitrogen and oxygen atoms in total. The standard InChI is InChI=1S/C13H19NO3/c1-13(2,12(15)16)10-8-14-11(17-10)9-6-4-3-5-7-9/h8-9H,3-7H2,1-2H3,(H,15,16). The Morgan fingerprint density at radius 2 is 2.06 bits per heavy atom. The second-order valence-electron chi connectivity index (χ2n) is 5.33. The van der Waals surface area contributed by atoms with Crippen molar-refractivity contribution in [3.8, 4) is 0 Å². The molecule has 0 atom stereocenters. The molecule has 0 radical (unpaired) electrons. The zero-order valence-electron chi connectivity index (χ0n) is 10.4. The highest BCUT2D eigenvalue weighted by Crippen LogP contribution is 2.34. The minimum atomic E-state index is -1.00. The van der Waals surface area contributed by atoms with Crippen LogP contribution in [0.15, 0.2) is 10.6 Å². The summed E-state index contributed by atoms with van der Waals surface area (Å²) in [6, 6.07) is 0. The third kappa shape index (κ3) is 2.35. The Bertz CT molecular complexity index is 403. The summed E-state index contributed by atoms with van der Waals surface area (Å²) in [4.78, 5) is 15.4. The van der Waals surface area contributed by atoms with Crippen LogP contribution in [0.1, 0.15) is 63.5 Å². The van der Waals surface area contributed by atoms with E-state index in [1.165, 1.54) is 19.3 Å². The first-order valence-corrected chi connectivity index (χ1v) is 6.21. The van der Waals surface area contributed by atoms with Crippen LogP contribution in [-0.2, 0) is 10.2 Å². The van der Waals surface area contributed by atoms with Crippen molar-refractivity contribution in [2.24, 2.45) is 0 Å². The van der Waals surface area contributed by atoms with E-state index in [9.17, 15) is 4.79 Å². The molecule has 0 aliphatic heterocycles. The van der Waals surface area contributed by atoms with Crippen LogP contribution in [0.5, 0.6) is 0 Å². The average Bonchev–Trinajstić information content (AvgIpc) is 2.80. The van der Waals surface area contributed by atoms with Gasteiger partial charge in [0.1, 0.15) is 11.2 Å². The Morgan fingerprint density at radius 1 is 1.41 bits per heavy atom. The first-order chi connectivity index (χ1) is 8.01. The Labute approximate surface area is 101 Å². The molecule has 1 aromatic heterocycles. The van der Waals surface area contributed by atoms with Crippen LogP contribution in [-0.4, -0.2) is 16.1 Å². The third-order valence-corrected chi connectivity index (χ3v) is 3.63. The molecule has 1 aromatic rings. The van der Waals surface area contributed by atoms with E-state index < -0.39 is 11.4 Å². The molecule has 1 N–H and O–H groups in total. The quantitative estimate of drug-likeness (QED) is 0.877. The SMILES string of the molecule is CC(C)(C(=O)O)c1cnc(C2CCCCC2)o1. The molecular weight excluding hydrogens is 218 g/mol. The minimum absolute atomic E-state index is 0.377. The fourth-order valence-corrected chi connectivity index (χ4v) is 2.22. The van der Waals surface area contributed by atoms with Crippen molar-refractivity contribution < 1.29 is 14.3 Å². The number of oxazole rings is 1. The number of carboxylic acid groups (broad SMARTS) is 1. The summed E-state index contributed by atoms with van der Waals surface area (Å²) >= 11 is 0. The maximum absolute atomic E-state index is 11.1. The summed E-state index contributed by atoms with van der Waals surface area (Å²) in [7, 11) is 0. The molecule has 0 bridgehead atoms. The summed E-state index contributed by atoms with van der Waals surface area (Å²) in [5.74, 6) is 0.658. The summed E-state index contributed by atoms with van der Waals surface area (Å²) in [5, 5.41) is 9.13. The second kappa shape index (κ2) is 4.51. The number of carboxylic acids is 1. The van der Waals surface area contributed by atoms with Gasteiger partial charge in [-0.2, -0.15) is 0 Å². The predicted octanol–water partition coefficient (Wildman–Crippen LogP) is 3.08. The van der Waals surface area contributed by atoms with Gasteiger partial charge in [0.2, 0.25) is 0 Å². The van der Waals surface area contributed by atoms with Gasteiger partial charge in [-0.25, -0.2) is 4.98 Å². The van der Waals surface area contributed by atoms with Crippen molar-refractivity contribution in [2.45, 2.75) is 57.3 Å². The number of nitrogens with zero attached hydrogens (tertiary/aromatic N) is 1. The van der Waals surface area contributed by atoms with Gasteiger partial charge in [0.15, 0.2) is 5.89 Å². The smallest absolute Gasteiger partial charge is 0.316 e. The van der Waals surface area contributed by atoms with E-state index >= 15 is 0 Å². The van der Waals surface area contributed by atoms with Gasteiger partial charge in [-0.15, -0.1) is 0 Å². The first-order valence-electron chi connectivity index (χ1n) is 6.21. The van der Waals surface area contributed by atoms with E-state index in [2.05, 4.69) is 4.98 Å². The predicted molar refractivity (Wildman–Crippen MR) is 63.0 cm³/mol. The highest BCUT2D eigenvalue weighted by atomic mass is 16.4. The third-order valence-electron chi connectivity index (χ3n) is 3.63. The highest BCUT2D eigenvalue weighted by molar-refractivity contribution is 5.79.